The first-order valence-electron chi connectivity index (χ1n) is 10.2. The predicted molar refractivity (Wildman–Crippen MR) is 119 cm³/mol. The van der Waals surface area contributed by atoms with Crippen LogP contribution in [0.4, 0.5) is 0 Å². The standard InChI is InChI=1S/C23H28N2O4S/c1-4-24(5-2)12-8-13-25-20(18-11-7-14-30-18)19(22(27)23(25)28)21(26)16-9-6-10-17(15-16)29-3/h6-7,9-11,14-15,20,26H,4-5,8,12-13H2,1-3H3/t20-/m1/s1. The highest BCUT2D eigenvalue weighted by Crippen LogP contribution is 2.41. The van der Waals surface area contributed by atoms with Crippen LogP contribution in [0.2, 0.25) is 0 Å². The van der Waals surface area contributed by atoms with E-state index in [1.54, 1.807) is 36.3 Å². The van der Waals surface area contributed by atoms with Gasteiger partial charge in [0, 0.05) is 17.0 Å². The molecule has 1 fully saturated rings. The molecule has 7 heteroatoms. The number of methoxy groups -OCH3 is 1. The van der Waals surface area contributed by atoms with Gasteiger partial charge in [0.2, 0.25) is 0 Å². The van der Waals surface area contributed by atoms with Crippen molar-refractivity contribution in [2.75, 3.05) is 33.3 Å². The molecule has 0 spiro atoms. The van der Waals surface area contributed by atoms with Crippen LogP contribution in [0.25, 0.3) is 5.76 Å². The van der Waals surface area contributed by atoms with Gasteiger partial charge in [-0.2, -0.15) is 0 Å². The average molecular weight is 429 g/mol. The topological polar surface area (TPSA) is 70.1 Å². The molecule has 30 heavy (non-hydrogen) atoms. The number of benzene rings is 1. The minimum atomic E-state index is -0.642. The zero-order valence-electron chi connectivity index (χ0n) is 17.6. The second kappa shape index (κ2) is 9.91. The van der Waals surface area contributed by atoms with Crippen LogP contribution in [-0.4, -0.2) is 59.9 Å². The Morgan fingerprint density at radius 3 is 2.60 bits per heavy atom. The lowest BCUT2D eigenvalue weighted by Gasteiger charge is -2.25. The van der Waals surface area contributed by atoms with E-state index in [1.807, 2.05) is 17.5 Å². The molecule has 1 saturated heterocycles. The van der Waals surface area contributed by atoms with Gasteiger partial charge >= 0.3 is 0 Å². The largest absolute Gasteiger partial charge is 0.507 e. The van der Waals surface area contributed by atoms with Gasteiger partial charge < -0.3 is 19.6 Å². The van der Waals surface area contributed by atoms with Gasteiger partial charge in [0.15, 0.2) is 0 Å². The van der Waals surface area contributed by atoms with Crippen molar-refractivity contribution >= 4 is 28.8 Å². The molecule has 1 aliphatic heterocycles. The molecule has 1 N–H and O–H groups in total. The Kier molecular flexibility index (Phi) is 7.29. The van der Waals surface area contributed by atoms with Gasteiger partial charge in [0.05, 0.1) is 18.7 Å². The van der Waals surface area contributed by atoms with Gasteiger partial charge in [0.1, 0.15) is 11.5 Å². The number of likely N-dealkylation sites (tertiary alicyclic amines) is 1. The molecule has 1 aromatic carbocycles. The Labute approximate surface area is 181 Å². The Morgan fingerprint density at radius 1 is 1.20 bits per heavy atom. The third-order valence-electron chi connectivity index (χ3n) is 5.46. The number of amides is 1. The minimum absolute atomic E-state index is 0.138. The fourth-order valence-corrected chi connectivity index (χ4v) is 4.63. The fraction of sp³-hybridized carbons (Fsp3) is 0.391. The number of aliphatic hydroxyl groups excluding tert-OH is 1. The number of thiophene rings is 1. The molecule has 160 valence electrons. The Hall–Kier alpha value is -2.64. The number of carbonyl (C=O) groups excluding carboxylic acids is 2. The maximum absolute atomic E-state index is 13.0. The molecule has 0 unspecified atom stereocenters. The molecule has 2 aromatic rings. The van der Waals surface area contributed by atoms with Gasteiger partial charge in [-0.3, -0.25) is 9.59 Å². The lowest BCUT2D eigenvalue weighted by molar-refractivity contribution is -0.139. The van der Waals surface area contributed by atoms with E-state index in [0.717, 1.165) is 30.9 Å². The van der Waals surface area contributed by atoms with Crippen molar-refractivity contribution in [2.24, 2.45) is 0 Å². The Balaban J connectivity index is 1.97. The fourth-order valence-electron chi connectivity index (χ4n) is 3.78. The molecule has 0 saturated carbocycles. The van der Waals surface area contributed by atoms with Crippen molar-refractivity contribution in [2.45, 2.75) is 26.3 Å². The third-order valence-corrected chi connectivity index (χ3v) is 6.39. The summed E-state index contributed by atoms with van der Waals surface area (Å²) < 4.78 is 5.23. The van der Waals surface area contributed by atoms with E-state index in [0.29, 0.717) is 17.9 Å². The monoisotopic (exact) mass is 428 g/mol. The summed E-state index contributed by atoms with van der Waals surface area (Å²) in [5.74, 6) is -0.800. The van der Waals surface area contributed by atoms with E-state index in [-0.39, 0.29) is 11.3 Å². The minimum Gasteiger partial charge on any atom is -0.507 e. The van der Waals surface area contributed by atoms with Gasteiger partial charge in [-0.25, -0.2) is 0 Å². The maximum atomic E-state index is 13.0. The van der Waals surface area contributed by atoms with E-state index < -0.39 is 17.7 Å². The number of ketones is 1. The summed E-state index contributed by atoms with van der Waals surface area (Å²) in [7, 11) is 1.54. The molecule has 1 aliphatic rings. The van der Waals surface area contributed by atoms with Crippen molar-refractivity contribution in [1.29, 1.82) is 0 Å². The van der Waals surface area contributed by atoms with Crippen LogP contribution in [0.3, 0.4) is 0 Å². The molecular formula is C23H28N2O4S. The quantitative estimate of drug-likeness (QED) is 0.373. The highest BCUT2D eigenvalue weighted by atomic mass is 32.1. The van der Waals surface area contributed by atoms with Gasteiger partial charge in [-0.15, -0.1) is 11.3 Å². The maximum Gasteiger partial charge on any atom is 0.295 e. The molecule has 1 atom stereocenters. The van der Waals surface area contributed by atoms with Crippen molar-refractivity contribution in [3.05, 3.63) is 57.8 Å². The Morgan fingerprint density at radius 2 is 1.97 bits per heavy atom. The molecule has 6 nitrogen and oxygen atoms in total. The lowest BCUT2D eigenvalue weighted by atomic mass is 9.99. The normalized spacial score (nSPS) is 18.4. The van der Waals surface area contributed by atoms with Gasteiger partial charge in [-0.05, 0) is 49.6 Å². The van der Waals surface area contributed by atoms with Crippen LogP contribution < -0.4 is 4.74 Å². The first-order valence-corrected chi connectivity index (χ1v) is 11.1. The lowest BCUT2D eigenvalue weighted by Crippen LogP contribution is -2.33. The summed E-state index contributed by atoms with van der Waals surface area (Å²) >= 11 is 1.47. The van der Waals surface area contributed by atoms with E-state index in [9.17, 15) is 14.7 Å². The number of hydrogen-bond acceptors (Lipinski definition) is 6. The van der Waals surface area contributed by atoms with Crippen molar-refractivity contribution < 1.29 is 19.4 Å². The highest BCUT2D eigenvalue weighted by molar-refractivity contribution is 7.10. The number of carbonyl (C=O) groups is 2. The zero-order valence-corrected chi connectivity index (χ0v) is 18.4. The second-order valence-electron chi connectivity index (χ2n) is 7.12. The number of ether oxygens (including phenoxy) is 1. The second-order valence-corrected chi connectivity index (χ2v) is 8.10. The predicted octanol–water partition coefficient (Wildman–Crippen LogP) is 3.91. The molecule has 3 rings (SSSR count). The molecule has 2 heterocycles. The van der Waals surface area contributed by atoms with Gasteiger partial charge in [-0.1, -0.05) is 32.0 Å². The van der Waals surface area contributed by atoms with E-state index in [4.69, 9.17) is 4.74 Å². The van der Waals surface area contributed by atoms with Gasteiger partial charge in [0.25, 0.3) is 11.7 Å². The zero-order chi connectivity index (χ0) is 21.7. The smallest absolute Gasteiger partial charge is 0.295 e. The number of nitrogens with zero attached hydrogens (tertiary/aromatic N) is 2. The number of rotatable bonds is 9. The molecule has 0 radical (unpaired) electrons. The molecule has 1 aromatic heterocycles. The summed E-state index contributed by atoms with van der Waals surface area (Å²) in [6.07, 6.45) is 0.760. The molecule has 0 bridgehead atoms. The van der Waals surface area contributed by atoms with Crippen molar-refractivity contribution in [1.82, 2.24) is 9.80 Å². The summed E-state index contributed by atoms with van der Waals surface area (Å²) in [6.45, 7) is 7.41. The summed E-state index contributed by atoms with van der Waals surface area (Å²) in [5, 5.41) is 12.9. The van der Waals surface area contributed by atoms with E-state index in [2.05, 4.69) is 18.7 Å². The first kappa shape index (κ1) is 22.1. The summed E-state index contributed by atoms with van der Waals surface area (Å²) in [4.78, 5) is 30.6. The van der Waals surface area contributed by atoms with Crippen molar-refractivity contribution in [3.8, 4) is 5.75 Å². The number of aliphatic hydroxyl groups is 1. The molecule has 0 aliphatic carbocycles. The Bertz CT molecular complexity index is 919. The average Bonchev–Trinajstić information content (AvgIpc) is 3.38. The highest BCUT2D eigenvalue weighted by Gasteiger charge is 2.46. The van der Waals surface area contributed by atoms with Crippen LogP contribution in [-0.2, 0) is 9.59 Å². The van der Waals surface area contributed by atoms with Crippen LogP contribution in [0, 0.1) is 0 Å². The van der Waals surface area contributed by atoms with Crippen LogP contribution in [0.1, 0.15) is 36.8 Å². The third kappa shape index (κ3) is 4.42. The summed E-state index contributed by atoms with van der Waals surface area (Å²) in [5.41, 5.74) is 0.593. The van der Waals surface area contributed by atoms with E-state index >= 15 is 0 Å². The van der Waals surface area contributed by atoms with Crippen LogP contribution in [0.15, 0.2) is 47.4 Å². The van der Waals surface area contributed by atoms with Crippen LogP contribution in [0.5, 0.6) is 5.75 Å². The summed E-state index contributed by atoms with van der Waals surface area (Å²) in [6, 6.07) is 10.1. The number of hydrogen-bond donors (Lipinski definition) is 1. The van der Waals surface area contributed by atoms with Crippen molar-refractivity contribution in [3.63, 3.8) is 0 Å². The molecule has 1 amide bonds. The molecular weight excluding hydrogens is 400 g/mol. The van der Waals surface area contributed by atoms with Crippen LogP contribution >= 0.6 is 11.3 Å². The SMILES string of the molecule is CCN(CC)CCCN1C(=O)C(=O)C(=C(O)c2cccc(OC)c2)[C@H]1c1cccs1. The van der Waals surface area contributed by atoms with E-state index in [1.165, 1.54) is 11.3 Å². The first-order chi connectivity index (χ1) is 14.5. The number of Topliss-reactive ketones (excluding diaryl/α,β-unsaturated/α-hetero) is 1.